The van der Waals surface area contributed by atoms with Crippen LogP contribution in [0.5, 0.6) is 0 Å². The van der Waals surface area contributed by atoms with Gasteiger partial charge < -0.3 is 9.88 Å². The molecule has 0 aliphatic heterocycles. The third kappa shape index (κ3) is 2.75. The van der Waals surface area contributed by atoms with Gasteiger partial charge in [-0.2, -0.15) is 0 Å². The summed E-state index contributed by atoms with van der Waals surface area (Å²) in [6.45, 7) is 0.411. The third-order valence-electron chi connectivity index (χ3n) is 2.34. The monoisotopic (exact) mass is 267 g/mol. The number of hydrogen-bond acceptors (Lipinski definition) is 5. The number of nitrogens with zero attached hydrogens (tertiary/aromatic N) is 4. The topological polar surface area (TPSA) is 85.9 Å². The largest absolute Gasteiger partial charge is 0.363 e. The van der Waals surface area contributed by atoms with Crippen LogP contribution >= 0.6 is 11.6 Å². The molecule has 1 N–H and O–H groups in total. The first kappa shape index (κ1) is 12.3. The number of aromatic nitrogens is 3. The Bertz CT molecular complexity index is 583. The standard InChI is InChI=1S/C10H10ClN5O2/c1-15-3-2-12-10(15)6-13-9-5-7(16(17)18)4-8(11)14-9/h2-5H,6H2,1H3,(H,13,14). The second kappa shape index (κ2) is 5.01. The summed E-state index contributed by atoms with van der Waals surface area (Å²) in [5.41, 5.74) is -0.0997. The van der Waals surface area contributed by atoms with Gasteiger partial charge in [0, 0.05) is 19.4 Å². The van der Waals surface area contributed by atoms with Crippen molar-refractivity contribution in [2.24, 2.45) is 7.05 Å². The number of imidazole rings is 1. The zero-order valence-electron chi connectivity index (χ0n) is 9.50. The minimum atomic E-state index is -0.514. The first-order valence-corrected chi connectivity index (χ1v) is 5.46. The van der Waals surface area contributed by atoms with Crippen molar-refractivity contribution in [2.45, 2.75) is 6.54 Å². The lowest BCUT2D eigenvalue weighted by Gasteiger charge is -2.05. The Balaban J connectivity index is 2.14. The second-order valence-electron chi connectivity index (χ2n) is 3.60. The summed E-state index contributed by atoms with van der Waals surface area (Å²) >= 11 is 5.71. The van der Waals surface area contributed by atoms with Gasteiger partial charge >= 0.3 is 0 Å². The van der Waals surface area contributed by atoms with E-state index in [4.69, 9.17) is 11.6 Å². The van der Waals surface area contributed by atoms with E-state index < -0.39 is 4.92 Å². The van der Waals surface area contributed by atoms with Crippen LogP contribution in [-0.2, 0) is 13.6 Å². The number of pyridine rings is 1. The van der Waals surface area contributed by atoms with Crippen LogP contribution in [0.4, 0.5) is 11.5 Å². The van der Waals surface area contributed by atoms with Crippen LogP contribution in [-0.4, -0.2) is 19.5 Å². The molecule has 0 atom stereocenters. The second-order valence-corrected chi connectivity index (χ2v) is 3.99. The number of anilines is 1. The highest BCUT2D eigenvalue weighted by molar-refractivity contribution is 6.29. The molecule has 2 rings (SSSR count). The van der Waals surface area contributed by atoms with E-state index in [-0.39, 0.29) is 10.8 Å². The summed E-state index contributed by atoms with van der Waals surface area (Å²) in [6.07, 6.45) is 3.48. The van der Waals surface area contributed by atoms with E-state index in [0.717, 1.165) is 5.82 Å². The van der Waals surface area contributed by atoms with Gasteiger partial charge in [-0.1, -0.05) is 11.6 Å². The van der Waals surface area contributed by atoms with Crippen LogP contribution in [0.1, 0.15) is 5.82 Å². The zero-order valence-corrected chi connectivity index (χ0v) is 10.3. The highest BCUT2D eigenvalue weighted by Crippen LogP contribution is 2.20. The van der Waals surface area contributed by atoms with E-state index in [1.165, 1.54) is 12.1 Å². The van der Waals surface area contributed by atoms with Gasteiger partial charge in [0.05, 0.1) is 23.6 Å². The molecule has 0 fully saturated rings. The fourth-order valence-corrected chi connectivity index (χ4v) is 1.62. The normalized spacial score (nSPS) is 10.3. The van der Waals surface area contributed by atoms with E-state index in [0.29, 0.717) is 12.4 Å². The summed E-state index contributed by atoms with van der Waals surface area (Å²) in [7, 11) is 1.86. The van der Waals surface area contributed by atoms with Gasteiger partial charge in [0.2, 0.25) is 0 Å². The molecule has 7 nitrogen and oxygen atoms in total. The van der Waals surface area contributed by atoms with Crippen molar-refractivity contribution in [1.29, 1.82) is 0 Å². The Hall–Kier alpha value is -2.15. The molecule has 8 heteroatoms. The van der Waals surface area contributed by atoms with Crippen LogP contribution in [0.15, 0.2) is 24.5 Å². The van der Waals surface area contributed by atoms with Crippen molar-refractivity contribution in [3.63, 3.8) is 0 Å². The molecular weight excluding hydrogens is 258 g/mol. The fourth-order valence-electron chi connectivity index (χ4n) is 1.42. The number of rotatable bonds is 4. The summed E-state index contributed by atoms with van der Waals surface area (Å²) in [4.78, 5) is 18.2. The lowest BCUT2D eigenvalue weighted by Crippen LogP contribution is -2.07. The van der Waals surface area contributed by atoms with Crippen LogP contribution in [0.2, 0.25) is 5.15 Å². The lowest BCUT2D eigenvalue weighted by molar-refractivity contribution is -0.384. The first-order valence-electron chi connectivity index (χ1n) is 5.08. The maximum absolute atomic E-state index is 10.7. The van der Waals surface area contributed by atoms with Crippen LogP contribution < -0.4 is 5.32 Å². The molecule has 2 aromatic heterocycles. The molecule has 0 amide bonds. The molecule has 0 aromatic carbocycles. The number of nitrogens with one attached hydrogen (secondary N) is 1. The predicted octanol–water partition coefficient (Wildman–Crippen LogP) is 1.99. The summed E-state index contributed by atoms with van der Waals surface area (Å²) < 4.78 is 1.84. The number of aryl methyl sites for hydroxylation is 1. The molecule has 0 saturated heterocycles. The Morgan fingerprint density at radius 1 is 1.56 bits per heavy atom. The number of halogens is 1. The SMILES string of the molecule is Cn1ccnc1CNc1cc([N+](=O)[O-])cc(Cl)n1. The fraction of sp³-hybridized carbons (Fsp3) is 0.200. The van der Waals surface area contributed by atoms with Crippen LogP contribution in [0, 0.1) is 10.1 Å². The Labute approximate surface area is 108 Å². The zero-order chi connectivity index (χ0) is 13.1. The Morgan fingerprint density at radius 2 is 2.33 bits per heavy atom. The molecule has 2 heterocycles. The number of hydrogen-bond donors (Lipinski definition) is 1. The van der Waals surface area contributed by atoms with Crippen LogP contribution in [0.3, 0.4) is 0 Å². The van der Waals surface area contributed by atoms with Crippen molar-refractivity contribution >= 4 is 23.1 Å². The van der Waals surface area contributed by atoms with Crippen molar-refractivity contribution < 1.29 is 4.92 Å². The van der Waals surface area contributed by atoms with Crippen molar-refractivity contribution in [3.8, 4) is 0 Å². The number of nitro groups is 1. The van der Waals surface area contributed by atoms with E-state index in [2.05, 4.69) is 15.3 Å². The highest BCUT2D eigenvalue weighted by Gasteiger charge is 2.10. The third-order valence-corrected chi connectivity index (χ3v) is 2.53. The quantitative estimate of drug-likeness (QED) is 0.520. The van der Waals surface area contributed by atoms with Gasteiger partial charge in [0.25, 0.3) is 5.69 Å². The lowest BCUT2D eigenvalue weighted by atomic mass is 10.4. The van der Waals surface area contributed by atoms with Gasteiger partial charge in [-0.15, -0.1) is 0 Å². The van der Waals surface area contributed by atoms with Gasteiger partial charge in [-0.05, 0) is 0 Å². The van der Waals surface area contributed by atoms with Crippen molar-refractivity contribution in [2.75, 3.05) is 5.32 Å². The van der Waals surface area contributed by atoms with Gasteiger partial charge in [0.15, 0.2) is 0 Å². The molecule has 94 valence electrons. The van der Waals surface area contributed by atoms with Crippen molar-refractivity contribution in [3.05, 3.63) is 45.6 Å². The minimum Gasteiger partial charge on any atom is -0.363 e. The molecular formula is C10H10ClN5O2. The molecule has 0 saturated carbocycles. The predicted molar refractivity (Wildman–Crippen MR) is 66.4 cm³/mol. The first-order chi connectivity index (χ1) is 8.56. The molecule has 2 aromatic rings. The molecule has 18 heavy (non-hydrogen) atoms. The molecule has 0 bridgehead atoms. The average Bonchev–Trinajstić information content (AvgIpc) is 2.71. The highest BCUT2D eigenvalue weighted by atomic mass is 35.5. The summed E-state index contributed by atoms with van der Waals surface area (Å²) in [5.74, 6) is 1.14. The van der Waals surface area contributed by atoms with Crippen molar-refractivity contribution in [1.82, 2.24) is 14.5 Å². The average molecular weight is 268 g/mol. The maximum atomic E-state index is 10.7. The Kier molecular flexibility index (Phi) is 3.42. The summed E-state index contributed by atoms with van der Waals surface area (Å²) in [6, 6.07) is 2.53. The maximum Gasteiger partial charge on any atom is 0.276 e. The molecule has 0 unspecified atom stereocenters. The molecule has 0 aliphatic carbocycles. The van der Waals surface area contributed by atoms with Crippen LogP contribution in [0.25, 0.3) is 0 Å². The van der Waals surface area contributed by atoms with E-state index in [9.17, 15) is 10.1 Å². The van der Waals surface area contributed by atoms with E-state index >= 15 is 0 Å². The molecule has 0 aliphatic rings. The van der Waals surface area contributed by atoms with E-state index in [1.54, 1.807) is 6.20 Å². The minimum absolute atomic E-state index is 0.0755. The van der Waals surface area contributed by atoms with Gasteiger partial charge in [-0.3, -0.25) is 10.1 Å². The summed E-state index contributed by atoms with van der Waals surface area (Å²) in [5, 5.41) is 13.7. The molecule has 0 radical (unpaired) electrons. The van der Waals surface area contributed by atoms with Gasteiger partial charge in [0.1, 0.15) is 16.8 Å². The molecule has 0 spiro atoms. The Morgan fingerprint density at radius 3 is 2.94 bits per heavy atom. The van der Waals surface area contributed by atoms with E-state index in [1.807, 2.05) is 17.8 Å². The van der Waals surface area contributed by atoms with Gasteiger partial charge in [-0.25, -0.2) is 9.97 Å². The smallest absolute Gasteiger partial charge is 0.276 e.